The monoisotopic (exact) mass is 639 g/mol. The van der Waals surface area contributed by atoms with E-state index in [-0.39, 0.29) is 18.9 Å². The van der Waals surface area contributed by atoms with E-state index in [9.17, 15) is 18.0 Å². The first kappa shape index (κ1) is 27.9. The number of likely N-dealkylation sites (N-methyl/N-ethyl adjacent to an activating group) is 1. The Kier molecular flexibility index (Phi) is 9.75. The van der Waals surface area contributed by atoms with Crippen molar-refractivity contribution in [2.24, 2.45) is 0 Å². The minimum atomic E-state index is -3.79. The van der Waals surface area contributed by atoms with Crippen LogP contribution < -0.4 is 9.62 Å². The largest absolute Gasteiger partial charge is 0.357 e. The van der Waals surface area contributed by atoms with Gasteiger partial charge in [-0.25, -0.2) is 8.42 Å². The van der Waals surface area contributed by atoms with Gasteiger partial charge in [0.05, 0.1) is 11.9 Å². The van der Waals surface area contributed by atoms with E-state index in [1.165, 1.54) is 11.9 Å². The van der Waals surface area contributed by atoms with E-state index in [1.54, 1.807) is 48.5 Å². The Morgan fingerprint density at radius 2 is 1.58 bits per heavy atom. The molecule has 0 aliphatic heterocycles. The van der Waals surface area contributed by atoms with Crippen LogP contribution in [0, 0.1) is 3.57 Å². The molecule has 0 aliphatic rings. The third kappa shape index (κ3) is 7.44. The molecule has 36 heavy (non-hydrogen) atoms. The summed E-state index contributed by atoms with van der Waals surface area (Å²) in [5, 5.41) is 3.09. The van der Waals surface area contributed by atoms with Crippen LogP contribution in [0.15, 0.2) is 78.9 Å². The van der Waals surface area contributed by atoms with Gasteiger partial charge in [0.15, 0.2) is 0 Å². The lowest BCUT2D eigenvalue weighted by atomic mass is 10.0. The van der Waals surface area contributed by atoms with Gasteiger partial charge in [-0.2, -0.15) is 0 Å². The number of carbonyl (C=O) groups is 2. The number of sulfonamides is 1. The molecule has 0 aromatic heterocycles. The molecule has 0 bridgehead atoms. The summed E-state index contributed by atoms with van der Waals surface area (Å²) < 4.78 is 27.4. The van der Waals surface area contributed by atoms with Crippen LogP contribution in [0.5, 0.6) is 0 Å². The first-order valence-electron chi connectivity index (χ1n) is 11.1. The zero-order valence-corrected chi connectivity index (χ0v) is 23.6. The summed E-state index contributed by atoms with van der Waals surface area (Å²) >= 11 is 8.52. The van der Waals surface area contributed by atoms with Gasteiger partial charge in [0.1, 0.15) is 12.6 Å². The van der Waals surface area contributed by atoms with Gasteiger partial charge < -0.3 is 10.2 Å². The van der Waals surface area contributed by atoms with E-state index in [2.05, 4.69) is 27.9 Å². The van der Waals surface area contributed by atoms with Crippen molar-refractivity contribution in [1.29, 1.82) is 0 Å². The van der Waals surface area contributed by atoms with Crippen LogP contribution in [0.1, 0.15) is 11.1 Å². The Bertz CT molecular complexity index is 1300. The summed E-state index contributed by atoms with van der Waals surface area (Å²) in [5.74, 6) is -0.886. The van der Waals surface area contributed by atoms with Gasteiger partial charge in [0.25, 0.3) is 0 Å². The van der Waals surface area contributed by atoms with E-state index >= 15 is 0 Å². The maximum Gasteiger partial charge on any atom is 0.244 e. The highest BCUT2D eigenvalue weighted by molar-refractivity contribution is 14.1. The fourth-order valence-corrected chi connectivity index (χ4v) is 5.16. The Morgan fingerprint density at radius 1 is 0.972 bits per heavy atom. The molecule has 3 aromatic rings. The Labute approximate surface area is 230 Å². The summed E-state index contributed by atoms with van der Waals surface area (Å²) in [6.45, 7) is -0.431. The minimum absolute atomic E-state index is 0.0354. The lowest BCUT2D eigenvalue weighted by Crippen LogP contribution is -2.52. The fraction of sp³-hybridized carbons (Fsp3) is 0.231. The van der Waals surface area contributed by atoms with Crippen molar-refractivity contribution in [2.75, 3.05) is 24.2 Å². The number of carbonyl (C=O) groups excluding carboxylic acids is 2. The van der Waals surface area contributed by atoms with Crippen molar-refractivity contribution in [3.05, 3.63) is 98.6 Å². The van der Waals surface area contributed by atoms with Crippen molar-refractivity contribution < 1.29 is 18.0 Å². The zero-order chi connectivity index (χ0) is 26.3. The lowest BCUT2D eigenvalue weighted by Gasteiger charge is -2.33. The van der Waals surface area contributed by atoms with Crippen molar-refractivity contribution in [1.82, 2.24) is 10.2 Å². The molecule has 3 rings (SSSR count). The third-order valence-corrected chi connectivity index (χ3v) is 7.84. The molecule has 7 nitrogen and oxygen atoms in total. The number of halogens is 2. The van der Waals surface area contributed by atoms with Crippen LogP contribution in [0.4, 0.5) is 5.69 Å². The summed E-state index contributed by atoms with van der Waals surface area (Å²) in [4.78, 5) is 28.3. The molecule has 0 spiro atoms. The Morgan fingerprint density at radius 3 is 2.17 bits per heavy atom. The fourth-order valence-electron chi connectivity index (χ4n) is 3.75. The Balaban J connectivity index is 2.03. The second-order valence-electron chi connectivity index (χ2n) is 8.18. The highest BCUT2D eigenvalue weighted by atomic mass is 127. The second-order valence-corrected chi connectivity index (χ2v) is 11.7. The molecular formula is C26H27ClIN3O4S. The van der Waals surface area contributed by atoms with Gasteiger partial charge >= 0.3 is 0 Å². The van der Waals surface area contributed by atoms with Crippen molar-refractivity contribution in [3.8, 4) is 0 Å². The molecule has 190 valence electrons. The normalized spacial score (nSPS) is 12.0. The molecule has 0 saturated heterocycles. The number of amides is 2. The Hall–Kier alpha value is -2.63. The zero-order valence-electron chi connectivity index (χ0n) is 19.9. The van der Waals surface area contributed by atoms with E-state index in [0.717, 1.165) is 19.7 Å². The van der Waals surface area contributed by atoms with E-state index < -0.39 is 28.5 Å². The van der Waals surface area contributed by atoms with Crippen LogP contribution in [0.2, 0.25) is 5.02 Å². The molecule has 1 atom stereocenters. The molecule has 0 radical (unpaired) electrons. The number of hydrogen-bond acceptors (Lipinski definition) is 4. The van der Waals surface area contributed by atoms with Crippen molar-refractivity contribution in [3.63, 3.8) is 0 Å². The molecule has 0 saturated carbocycles. The number of nitrogens with one attached hydrogen (secondary N) is 1. The highest BCUT2D eigenvalue weighted by Gasteiger charge is 2.32. The first-order chi connectivity index (χ1) is 17.1. The number of nitrogens with zero attached hydrogens (tertiary/aromatic N) is 2. The average Bonchev–Trinajstić information content (AvgIpc) is 2.85. The van der Waals surface area contributed by atoms with Crippen LogP contribution >= 0.6 is 34.2 Å². The summed E-state index contributed by atoms with van der Waals surface area (Å²) in [7, 11) is -2.29. The van der Waals surface area contributed by atoms with Crippen molar-refractivity contribution >= 4 is 61.7 Å². The standard InChI is InChI=1S/C26H27ClIN3O4S/c1-29-26(33)24(16-19-8-4-3-5-9-19)30(17-20-10-6-7-11-23(20)27)25(32)18-31(36(2,34)35)22-14-12-21(28)13-15-22/h3-15,24H,16-18H2,1-2H3,(H,29,33)/t24-/m1/s1. The van der Waals surface area contributed by atoms with Crippen molar-refractivity contribution in [2.45, 2.75) is 19.0 Å². The van der Waals surface area contributed by atoms with Crippen LogP contribution in [0.3, 0.4) is 0 Å². The van der Waals surface area contributed by atoms with Gasteiger partial charge in [-0.1, -0.05) is 60.1 Å². The summed E-state index contributed by atoms with van der Waals surface area (Å²) in [6.07, 6.45) is 1.30. The van der Waals surface area contributed by atoms with E-state index in [0.29, 0.717) is 16.3 Å². The van der Waals surface area contributed by atoms with Gasteiger partial charge in [-0.05, 0) is 64.0 Å². The van der Waals surface area contributed by atoms with Gasteiger partial charge in [0.2, 0.25) is 21.8 Å². The maximum absolute atomic E-state index is 13.8. The second kappa shape index (κ2) is 12.6. The molecule has 3 aromatic carbocycles. The number of rotatable bonds is 10. The van der Waals surface area contributed by atoms with Crippen LogP contribution in [-0.4, -0.2) is 51.0 Å². The molecule has 2 amide bonds. The minimum Gasteiger partial charge on any atom is -0.357 e. The average molecular weight is 640 g/mol. The van der Waals surface area contributed by atoms with Crippen LogP contribution in [0.25, 0.3) is 0 Å². The number of hydrogen-bond donors (Lipinski definition) is 1. The SMILES string of the molecule is CNC(=O)[C@@H](Cc1ccccc1)N(Cc1ccccc1Cl)C(=O)CN(c1ccc(I)cc1)S(C)(=O)=O. The molecule has 0 aliphatic carbocycles. The van der Waals surface area contributed by atoms with Gasteiger partial charge in [-0.3, -0.25) is 13.9 Å². The summed E-state index contributed by atoms with van der Waals surface area (Å²) in [6, 6.07) is 22.3. The van der Waals surface area contributed by atoms with E-state index in [4.69, 9.17) is 11.6 Å². The molecule has 0 heterocycles. The third-order valence-electron chi connectivity index (χ3n) is 5.61. The molecule has 0 unspecified atom stereocenters. The predicted octanol–water partition coefficient (Wildman–Crippen LogP) is 4.10. The lowest BCUT2D eigenvalue weighted by molar-refractivity contribution is -0.139. The number of benzene rings is 3. The molecule has 1 N–H and O–H groups in total. The topological polar surface area (TPSA) is 86.8 Å². The predicted molar refractivity (Wildman–Crippen MR) is 151 cm³/mol. The molecule has 10 heteroatoms. The van der Waals surface area contributed by atoms with Gasteiger partial charge in [0, 0.05) is 28.6 Å². The summed E-state index contributed by atoms with van der Waals surface area (Å²) in [5.41, 5.74) is 1.87. The van der Waals surface area contributed by atoms with Crippen LogP contribution in [-0.2, 0) is 32.6 Å². The molecular weight excluding hydrogens is 613 g/mol. The highest BCUT2D eigenvalue weighted by Crippen LogP contribution is 2.23. The number of anilines is 1. The smallest absolute Gasteiger partial charge is 0.244 e. The van der Waals surface area contributed by atoms with E-state index in [1.807, 2.05) is 30.3 Å². The van der Waals surface area contributed by atoms with Gasteiger partial charge in [-0.15, -0.1) is 0 Å². The maximum atomic E-state index is 13.8. The first-order valence-corrected chi connectivity index (χ1v) is 14.4. The quantitative estimate of drug-likeness (QED) is 0.339. The molecule has 0 fully saturated rings.